The summed E-state index contributed by atoms with van der Waals surface area (Å²) in [4.78, 5) is 36.5. The van der Waals surface area contributed by atoms with E-state index < -0.39 is 18.0 Å². The van der Waals surface area contributed by atoms with Gasteiger partial charge in [0.1, 0.15) is 6.04 Å². The van der Waals surface area contributed by atoms with Crippen LogP contribution in [0.1, 0.15) is 18.9 Å². The fourth-order valence-corrected chi connectivity index (χ4v) is 1.99. The Kier molecular flexibility index (Phi) is 4.34. The number of hydrogen-bond donors (Lipinski definition) is 1. The van der Waals surface area contributed by atoms with E-state index in [0.29, 0.717) is 0 Å². The summed E-state index contributed by atoms with van der Waals surface area (Å²) in [6.45, 7) is 2.08. The average molecular weight is 276 g/mol. The Morgan fingerprint density at radius 2 is 2.05 bits per heavy atom. The molecule has 1 heterocycles. The number of carbonyl (C=O) groups excluding carboxylic acids is 3. The van der Waals surface area contributed by atoms with Crippen molar-refractivity contribution in [3.63, 3.8) is 0 Å². The number of benzene rings is 1. The summed E-state index contributed by atoms with van der Waals surface area (Å²) in [5, 5.41) is 2.49. The minimum atomic E-state index is -0.887. The van der Waals surface area contributed by atoms with E-state index >= 15 is 0 Å². The number of nitrogens with zero attached hydrogens (tertiary/aromatic N) is 1. The van der Waals surface area contributed by atoms with Crippen LogP contribution >= 0.6 is 0 Å². The molecule has 0 spiro atoms. The molecule has 1 aromatic rings. The summed E-state index contributed by atoms with van der Waals surface area (Å²) < 4.78 is 4.81. The van der Waals surface area contributed by atoms with E-state index in [1.807, 2.05) is 30.3 Å². The maximum absolute atomic E-state index is 12.0. The first-order valence-electron chi connectivity index (χ1n) is 6.43. The molecule has 1 aromatic carbocycles. The summed E-state index contributed by atoms with van der Waals surface area (Å²) in [6, 6.07) is 7.74. The molecule has 0 aliphatic carbocycles. The summed E-state index contributed by atoms with van der Waals surface area (Å²) in [6.07, 6.45) is -0.0720. The molecule has 1 N–H and O–H groups in total. The lowest BCUT2D eigenvalue weighted by molar-refractivity contribution is -0.149. The highest BCUT2D eigenvalue weighted by atomic mass is 16.5. The zero-order valence-electron chi connectivity index (χ0n) is 11.2. The lowest BCUT2D eigenvalue weighted by atomic mass is 10.1. The van der Waals surface area contributed by atoms with Crippen LogP contribution in [0.25, 0.3) is 0 Å². The van der Waals surface area contributed by atoms with Crippen molar-refractivity contribution in [1.29, 1.82) is 0 Å². The largest absolute Gasteiger partial charge is 0.464 e. The molecule has 20 heavy (non-hydrogen) atoms. The Bertz CT molecular complexity index is 497. The highest BCUT2D eigenvalue weighted by molar-refractivity contribution is 6.01. The van der Waals surface area contributed by atoms with Gasteiger partial charge in [0, 0.05) is 0 Å². The third-order valence-electron chi connectivity index (χ3n) is 2.98. The van der Waals surface area contributed by atoms with E-state index in [2.05, 4.69) is 5.32 Å². The van der Waals surface area contributed by atoms with Crippen molar-refractivity contribution in [3.8, 4) is 0 Å². The molecule has 1 fully saturated rings. The minimum Gasteiger partial charge on any atom is -0.464 e. The van der Waals surface area contributed by atoms with Gasteiger partial charge in [0.15, 0.2) is 0 Å². The van der Waals surface area contributed by atoms with E-state index in [0.717, 1.165) is 10.5 Å². The van der Waals surface area contributed by atoms with Crippen LogP contribution in [0, 0.1) is 0 Å². The first-order chi connectivity index (χ1) is 9.61. The molecular weight excluding hydrogens is 260 g/mol. The summed E-state index contributed by atoms with van der Waals surface area (Å²) in [5.41, 5.74) is 0.852. The SMILES string of the molecule is CCOC(=O)C1CC(=O)N(Cc2ccccc2)C(=O)N1. The number of nitrogens with one attached hydrogen (secondary N) is 1. The van der Waals surface area contributed by atoms with Crippen LogP contribution in [0.5, 0.6) is 0 Å². The van der Waals surface area contributed by atoms with E-state index in [-0.39, 0.29) is 25.5 Å². The van der Waals surface area contributed by atoms with Gasteiger partial charge in [0.2, 0.25) is 5.91 Å². The second kappa shape index (κ2) is 6.18. The fraction of sp³-hybridized carbons (Fsp3) is 0.357. The van der Waals surface area contributed by atoms with Crippen LogP contribution in [-0.4, -0.2) is 35.5 Å². The van der Waals surface area contributed by atoms with Crippen molar-refractivity contribution in [1.82, 2.24) is 10.2 Å². The van der Waals surface area contributed by atoms with Gasteiger partial charge in [-0.25, -0.2) is 9.59 Å². The van der Waals surface area contributed by atoms with Gasteiger partial charge in [-0.05, 0) is 12.5 Å². The molecule has 1 saturated heterocycles. The van der Waals surface area contributed by atoms with Crippen LogP contribution in [0.2, 0.25) is 0 Å². The molecule has 1 aliphatic rings. The van der Waals surface area contributed by atoms with Crippen molar-refractivity contribution in [3.05, 3.63) is 35.9 Å². The van der Waals surface area contributed by atoms with Crippen molar-refractivity contribution >= 4 is 17.9 Å². The number of imide groups is 1. The van der Waals surface area contributed by atoms with Crippen molar-refractivity contribution < 1.29 is 19.1 Å². The van der Waals surface area contributed by atoms with E-state index in [1.165, 1.54) is 0 Å². The summed E-state index contributed by atoms with van der Waals surface area (Å²) in [5.74, 6) is -0.954. The van der Waals surface area contributed by atoms with Crippen LogP contribution in [-0.2, 0) is 20.9 Å². The average Bonchev–Trinajstić information content (AvgIpc) is 2.44. The predicted molar refractivity (Wildman–Crippen MR) is 70.6 cm³/mol. The Morgan fingerprint density at radius 3 is 2.65 bits per heavy atom. The molecule has 1 aliphatic heterocycles. The van der Waals surface area contributed by atoms with E-state index in [4.69, 9.17) is 4.74 Å². The maximum atomic E-state index is 12.0. The molecule has 6 heteroatoms. The van der Waals surface area contributed by atoms with E-state index in [1.54, 1.807) is 6.92 Å². The van der Waals surface area contributed by atoms with Crippen molar-refractivity contribution in [2.45, 2.75) is 25.9 Å². The topological polar surface area (TPSA) is 75.7 Å². The highest BCUT2D eigenvalue weighted by Gasteiger charge is 2.36. The molecule has 1 unspecified atom stereocenters. The van der Waals surface area contributed by atoms with Crippen LogP contribution in [0.4, 0.5) is 4.79 Å². The zero-order chi connectivity index (χ0) is 14.5. The smallest absolute Gasteiger partial charge is 0.329 e. The van der Waals surface area contributed by atoms with Crippen LogP contribution in [0.15, 0.2) is 30.3 Å². The lowest BCUT2D eigenvalue weighted by Gasteiger charge is -2.30. The van der Waals surface area contributed by atoms with Gasteiger partial charge in [-0.15, -0.1) is 0 Å². The second-order valence-electron chi connectivity index (χ2n) is 4.42. The quantitative estimate of drug-likeness (QED) is 0.834. The number of amides is 3. The first kappa shape index (κ1) is 14.0. The van der Waals surface area contributed by atoms with Crippen LogP contribution < -0.4 is 5.32 Å². The minimum absolute atomic E-state index is 0.0720. The van der Waals surface area contributed by atoms with E-state index in [9.17, 15) is 14.4 Å². The Balaban J connectivity index is 2.02. The molecule has 6 nitrogen and oxygen atoms in total. The first-order valence-corrected chi connectivity index (χ1v) is 6.43. The van der Waals surface area contributed by atoms with Crippen LogP contribution in [0.3, 0.4) is 0 Å². The zero-order valence-corrected chi connectivity index (χ0v) is 11.2. The summed E-state index contributed by atoms with van der Waals surface area (Å²) >= 11 is 0. The number of esters is 1. The van der Waals surface area contributed by atoms with Gasteiger partial charge in [-0.2, -0.15) is 0 Å². The second-order valence-corrected chi connectivity index (χ2v) is 4.42. The van der Waals surface area contributed by atoms with Gasteiger partial charge >= 0.3 is 12.0 Å². The van der Waals surface area contributed by atoms with Crippen molar-refractivity contribution in [2.24, 2.45) is 0 Å². The van der Waals surface area contributed by atoms with Gasteiger partial charge in [0.05, 0.1) is 19.6 Å². The fourth-order valence-electron chi connectivity index (χ4n) is 1.99. The number of rotatable bonds is 4. The third-order valence-corrected chi connectivity index (χ3v) is 2.98. The molecule has 0 bridgehead atoms. The Labute approximate surface area is 116 Å². The van der Waals surface area contributed by atoms with Gasteiger partial charge in [-0.3, -0.25) is 9.69 Å². The molecule has 3 amide bonds. The van der Waals surface area contributed by atoms with Gasteiger partial charge < -0.3 is 10.1 Å². The standard InChI is InChI=1S/C14H16N2O4/c1-2-20-13(18)11-8-12(17)16(14(19)15-11)9-10-6-4-3-5-7-10/h3-7,11H,2,8-9H2,1H3,(H,15,19). The molecule has 2 rings (SSSR count). The normalized spacial score (nSPS) is 18.6. The maximum Gasteiger partial charge on any atom is 0.329 e. The number of ether oxygens (including phenoxy) is 1. The Morgan fingerprint density at radius 1 is 1.35 bits per heavy atom. The third kappa shape index (κ3) is 3.14. The van der Waals surface area contributed by atoms with Gasteiger partial charge in [-0.1, -0.05) is 30.3 Å². The molecule has 1 atom stereocenters. The lowest BCUT2D eigenvalue weighted by Crippen LogP contribution is -2.57. The van der Waals surface area contributed by atoms with Crippen molar-refractivity contribution in [2.75, 3.05) is 6.61 Å². The molecular formula is C14H16N2O4. The molecule has 0 radical (unpaired) electrons. The predicted octanol–water partition coefficient (Wildman–Crippen LogP) is 1.06. The number of hydrogen-bond acceptors (Lipinski definition) is 4. The monoisotopic (exact) mass is 276 g/mol. The molecule has 0 saturated carbocycles. The highest BCUT2D eigenvalue weighted by Crippen LogP contribution is 2.13. The number of carbonyl (C=O) groups is 3. The molecule has 0 aromatic heterocycles. The number of urea groups is 1. The van der Waals surface area contributed by atoms with Gasteiger partial charge in [0.25, 0.3) is 0 Å². The Hall–Kier alpha value is -2.37. The molecule has 106 valence electrons. The summed E-state index contributed by atoms with van der Waals surface area (Å²) in [7, 11) is 0.